The number of benzene rings is 1. The molecule has 3 heterocycles. The van der Waals surface area contributed by atoms with Crippen LogP contribution in [-0.4, -0.2) is 66.2 Å². The van der Waals surface area contributed by atoms with Crippen LogP contribution >= 0.6 is 11.3 Å². The van der Waals surface area contributed by atoms with E-state index in [1.807, 2.05) is 34.7 Å². The SMILES string of the molecule is CO[C@H]1CCCN2C(=O)c3cccc(c3)OCCN(Cc3cscn3)CCCC[C@@H]12. The number of amides is 1. The first-order valence-corrected chi connectivity index (χ1v) is 11.8. The van der Waals surface area contributed by atoms with Gasteiger partial charge in [-0.15, -0.1) is 11.3 Å². The van der Waals surface area contributed by atoms with Gasteiger partial charge in [0.15, 0.2) is 0 Å². The molecule has 2 atom stereocenters. The van der Waals surface area contributed by atoms with Crippen molar-refractivity contribution in [2.45, 2.75) is 50.8 Å². The van der Waals surface area contributed by atoms with Gasteiger partial charge in [-0.25, -0.2) is 4.98 Å². The van der Waals surface area contributed by atoms with Gasteiger partial charge in [-0.3, -0.25) is 9.69 Å². The second-order valence-corrected chi connectivity index (χ2v) is 8.83. The van der Waals surface area contributed by atoms with Crippen molar-refractivity contribution < 1.29 is 14.3 Å². The Morgan fingerprint density at radius 2 is 2.13 bits per heavy atom. The third-order valence-electron chi connectivity index (χ3n) is 6.13. The van der Waals surface area contributed by atoms with Gasteiger partial charge in [-0.1, -0.05) is 12.5 Å². The quantitative estimate of drug-likeness (QED) is 0.742. The van der Waals surface area contributed by atoms with Gasteiger partial charge in [0.05, 0.1) is 23.4 Å². The van der Waals surface area contributed by atoms with Crippen LogP contribution in [0.5, 0.6) is 5.75 Å². The summed E-state index contributed by atoms with van der Waals surface area (Å²) in [5.41, 5.74) is 3.71. The lowest BCUT2D eigenvalue weighted by Gasteiger charge is -2.41. The Morgan fingerprint density at radius 3 is 2.97 bits per heavy atom. The van der Waals surface area contributed by atoms with E-state index in [1.165, 1.54) is 0 Å². The van der Waals surface area contributed by atoms with Crippen molar-refractivity contribution in [2.24, 2.45) is 0 Å². The van der Waals surface area contributed by atoms with Gasteiger partial charge in [0.2, 0.25) is 0 Å². The Morgan fingerprint density at radius 1 is 1.20 bits per heavy atom. The van der Waals surface area contributed by atoms with Crippen molar-refractivity contribution in [3.8, 4) is 5.75 Å². The molecule has 0 N–H and O–H groups in total. The summed E-state index contributed by atoms with van der Waals surface area (Å²) in [6.45, 7) is 4.08. The normalized spacial score (nSPS) is 24.0. The molecule has 2 aromatic rings. The van der Waals surface area contributed by atoms with E-state index in [1.54, 1.807) is 18.4 Å². The van der Waals surface area contributed by atoms with E-state index in [2.05, 4.69) is 15.3 Å². The lowest BCUT2D eigenvalue weighted by atomic mass is 9.93. The zero-order valence-electron chi connectivity index (χ0n) is 17.7. The van der Waals surface area contributed by atoms with Gasteiger partial charge in [0.1, 0.15) is 12.4 Å². The maximum Gasteiger partial charge on any atom is 0.254 e. The number of nitrogens with zero attached hydrogens (tertiary/aromatic N) is 3. The number of fused-ring (bicyclic) bond motifs is 3. The van der Waals surface area contributed by atoms with E-state index in [0.29, 0.717) is 12.2 Å². The van der Waals surface area contributed by atoms with Gasteiger partial charge < -0.3 is 14.4 Å². The van der Waals surface area contributed by atoms with Crippen LogP contribution in [0.1, 0.15) is 48.2 Å². The van der Waals surface area contributed by atoms with Crippen molar-refractivity contribution in [1.29, 1.82) is 0 Å². The number of aromatic nitrogens is 1. The number of thiazole rings is 1. The minimum Gasteiger partial charge on any atom is -0.492 e. The van der Waals surface area contributed by atoms with E-state index < -0.39 is 0 Å². The summed E-state index contributed by atoms with van der Waals surface area (Å²) in [4.78, 5) is 22.2. The Labute approximate surface area is 182 Å². The molecule has 2 aliphatic rings. The van der Waals surface area contributed by atoms with Crippen LogP contribution < -0.4 is 4.74 Å². The fraction of sp³-hybridized carbons (Fsp3) is 0.565. The Hall–Kier alpha value is -1.96. The molecule has 7 heteroatoms. The van der Waals surface area contributed by atoms with Gasteiger partial charge in [0, 0.05) is 37.7 Å². The molecule has 6 nitrogen and oxygen atoms in total. The average Bonchev–Trinajstić information content (AvgIpc) is 3.28. The molecular weight excluding hydrogens is 398 g/mol. The lowest BCUT2D eigenvalue weighted by Crippen LogP contribution is -2.51. The van der Waals surface area contributed by atoms with Crippen molar-refractivity contribution in [3.05, 3.63) is 46.4 Å². The molecule has 4 rings (SSSR count). The molecule has 0 unspecified atom stereocenters. The summed E-state index contributed by atoms with van der Waals surface area (Å²) in [6.07, 6.45) is 5.25. The highest BCUT2D eigenvalue weighted by molar-refractivity contribution is 7.07. The molecule has 30 heavy (non-hydrogen) atoms. The second kappa shape index (κ2) is 10.4. The summed E-state index contributed by atoms with van der Waals surface area (Å²) >= 11 is 1.64. The average molecular weight is 430 g/mol. The number of carbonyl (C=O) groups is 1. The largest absolute Gasteiger partial charge is 0.492 e. The molecule has 1 amide bonds. The Bertz CT molecular complexity index is 814. The molecular formula is C23H31N3O3S. The van der Waals surface area contributed by atoms with E-state index >= 15 is 0 Å². The Balaban J connectivity index is 1.54. The third kappa shape index (κ3) is 5.20. The molecule has 2 aliphatic heterocycles. The molecule has 0 radical (unpaired) electrons. The monoisotopic (exact) mass is 429 g/mol. The predicted molar refractivity (Wildman–Crippen MR) is 118 cm³/mol. The van der Waals surface area contributed by atoms with Crippen molar-refractivity contribution in [1.82, 2.24) is 14.8 Å². The van der Waals surface area contributed by atoms with Crippen LogP contribution in [0, 0.1) is 0 Å². The number of methoxy groups -OCH3 is 1. The second-order valence-electron chi connectivity index (χ2n) is 8.11. The maximum atomic E-state index is 13.3. The first-order chi connectivity index (χ1) is 14.7. The topological polar surface area (TPSA) is 54.9 Å². The maximum absolute atomic E-state index is 13.3. The summed E-state index contributed by atoms with van der Waals surface area (Å²) in [5, 5.41) is 2.12. The number of hydrogen-bond acceptors (Lipinski definition) is 6. The van der Waals surface area contributed by atoms with E-state index in [0.717, 1.165) is 69.7 Å². The highest BCUT2D eigenvalue weighted by Crippen LogP contribution is 2.27. The zero-order chi connectivity index (χ0) is 20.8. The highest BCUT2D eigenvalue weighted by atomic mass is 32.1. The van der Waals surface area contributed by atoms with Crippen LogP contribution in [0.3, 0.4) is 0 Å². The van der Waals surface area contributed by atoms with Crippen LogP contribution in [-0.2, 0) is 11.3 Å². The minimum absolute atomic E-state index is 0.0921. The van der Waals surface area contributed by atoms with Crippen LogP contribution in [0.25, 0.3) is 0 Å². The standard InChI is InChI=1S/C23H31N3O3S/c1-28-22-9-5-11-26-21(22)8-2-3-10-25(15-19-16-30-17-24-19)12-13-29-20-7-4-6-18(14-20)23(26)27/h4,6-7,14,16-17,21-22H,2-3,5,8-13,15H2,1H3/t21-,22-/m0/s1. The summed E-state index contributed by atoms with van der Waals surface area (Å²) < 4.78 is 11.8. The number of hydrogen-bond donors (Lipinski definition) is 0. The number of carbonyl (C=O) groups excluding carboxylic acids is 1. The molecule has 1 aromatic heterocycles. The number of rotatable bonds is 3. The van der Waals surface area contributed by atoms with Crippen molar-refractivity contribution in [3.63, 3.8) is 0 Å². The molecule has 0 saturated carbocycles. The summed E-state index contributed by atoms with van der Waals surface area (Å²) in [6, 6.07) is 7.75. The van der Waals surface area contributed by atoms with Gasteiger partial charge >= 0.3 is 0 Å². The third-order valence-corrected chi connectivity index (χ3v) is 6.77. The minimum atomic E-state index is 0.0921. The molecule has 1 aromatic carbocycles. The molecule has 1 fully saturated rings. The fourth-order valence-corrected chi connectivity index (χ4v) is 5.12. The van der Waals surface area contributed by atoms with Gasteiger partial charge in [-0.2, -0.15) is 0 Å². The molecule has 2 bridgehead atoms. The molecule has 162 valence electrons. The van der Waals surface area contributed by atoms with Crippen molar-refractivity contribution >= 4 is 17.2 Å². The van der Waals surface area contributed by atoms with E-state index in [-0.39, 0.29) is 18.1 Å². The number of piperidine rings is 1. The smallest absolute Gasteiger partial charge is 0.254 e. The van der Waals surface area contributed by atoms with E-state index in [9.17, 15) is 4.79 Å². The van der Waals surface area contributed by atoms with E-state index in [4.69, 9.17) is 9.47 Å². The zero-order valence-corrected chi connectivity index (χ0v) is 18.5. The van der Waals surface area contributed by atoms with Gasteiger partial charge in [-0.05, 0) is 50.4 Å². The van der Waals surface area contributed by atoms with Crippen LogP contribution in [0.4, 0.5) is 0 Å². The number of ether oxygens (including phenoxy) is 2. The summed E-state index contributed by atoms with van der Waals surface area (Å²) in [7, 11) is 1.77. The first-order valence-electron chi connectivity index (χ1n) is 10.9. The fourth-order valence-electron chi connectivity index (χ4n) is 4.57. The van der Waals surface area contributed by atoms with Crippen molar-refractivity contribution in [2.75, 3.05) is 33.4 Å². The van der Waals surface area contributed by atoms with Gasteiger partial charge in [0.25, 0.3) is 5.91 Å². The molecule has 0 aliphatic carbocycles. The molecule has 0 spiro atoms. The summed E-state index contributed by atoms with van der Waals surface area (Å²) in [5.74, 6) is 0.845. The predicted octanol–water partition coefficient (Wildman–Crippen LogP) is 3.83. The highest BCUT2D eigenvalue weighted by Gasteiger charge is 2.34. The molecule has 1 saturated heterocycles. The first kappa shape index (κ1) is 21.3. The Kier molecular flexibility index (Phi) is 7.36. The lowest BCUT2D eigenvalue weighted by molar-refractivity contribution is -0.0156. The van der Waals surface area contributed by atoms with Crippen LogP contribution in [0.15, 0.2) is 35.2 Å². The van der Waals surface area contributed by atoms with Crippen LogP contribution in [0.2, 0.25) is 0 Å².